The summed E-state index contributed by atoms with van der Waals surface area (Å²) >= 11 is 6.21. The number of halogens is 2. The summed E-state index contributed by atoms with van der Waals surface area (Å²) in [4.78, 5) is 34.9. The number of fused-ring (bicyclic) bond motifs is 1. The molecule has 0 spiro atoms. The molecule has 1 saturated heterocycles. The number of carbonyl (C=O) groups excluding carboxylic acids is 2. The smallest absolute Gasteiger partial charge is 0.302 e. The maximum absolute atomic E-state index is 13.7. The van der Waals surface area contributed by atoms with Gasteiger partial charge in [0.2, 0.25) is 5.95 Å². The summed E-state index contributed by atoms with van der Waals surface area (Å²) in [5.41, 5.74) is 1.49. The van der Waals surface area contributed by atoms with Crippen LogP contribution in [0, 0.1) is 5.82 Å². The molecule has 7 nitrogen and oxygen atoms in total. The minimum Gasteiger partial charge on any atom is -0.507 e. The zero-order chi connectivity index (χ0) is 24.0. The zero-order valence-electron chi connectivity index (χ0n) is 17.8. The number of nitrogens with one attached hydrogen (secondary N) is 1. The molecular weight excluding hydrogens is 461 g/mol. The van der Waals surface area contributed by atoms with Gasteiger partial charge in [-0.2, -0.15) is 0 Å². The van der Waals surface area contributed by atoms with E-state index in [0.29, 0.717) is 22.3 Å². The van der Waals surface area contributed by atoms with Gasteiger partial charge in [-0.15, -0.1) is 0 Å². The molecule has 9 heteroatoms. The Hall–Kier alpha value is -4.17. The number of hydrogen-bond acceptors (Lipinski definition) is 5. The van der Waals surface area contributed by atoms with Gasteiger partial charge in [0.05, 0.1) is 34.8 Å². The number of aliphatic hydroxyl groups is 1. The molecule has 4 aromatic rings. The van der Waals surface area contributed by atoms with Gasteiger partial charge in [-0.3, -0.25) is 14.5 Å². The van der Waals surface area contributed by atoms with Gasteiger partial charge in [0.1, 0.15) is 17.3 Å². The Morgan fingerprint density at radius 2 is 1.88 bits per heavy atom. The molecule has 1 fully saturated rings. The van der Waals surface area contributed by atoms with Crippen LogP contribution < -0.4 is 9.64 Å². The summed E-state index contributed by atoms with van der Waals surface area (Å²) in [6.45, 7) is 0. The fourth-order valence-corrected chi connectivity index (χ4v) is 4.31. The van der Waals surface area contributed by atoms with Crippen molar-refractivity contribution in [3.63, 3.8) is 0 Å². The highest BCUT2D eigenvalue weighted by atomic mass is 35.5. The molecule has 1 amide bonds. The van der Waals surface area contributed by atoms with Crippen LogP contribution in [0.2, 0.25) is 5.02 Å². The van der Waals surface area contributed by atoms with Gasteiger partial charge in [-0.25, -0.2) is 9.37 Å². The predicted octanol–water partition coefficient (Wildman–Crippen LogP) is 4.99. The molecule has 2 N–H and O–H groups in total. The zero-order valence-corrected chi connectivity index (χ0v) is 18.5. The van der Waals surface area contributed by atoms with Crippen LogP contribution in [-0.2, 0) is 9.59 Å². The van der Waals surface area contributed by atoms with Crippen molar-refractivity contribution in [1.82, 2.24) is 9.97 Å². The third kappa shape index (κ3) is 3.48. The van der Waals surface area contributed by atoms with Crippen LogP contribution in [0.5, 0.6) is 5.75 Å². The lowest BCUT2D eigenvalue weighted by molar-refractivity contribution is -0.132. The second kappa shape index (κ2) is 8.31. The van der Waals surface area contributed by atoms with Crippen LogP contribution in [0.4, 0.5) is 10.3 Å². The van der Waals surface area contributed by atoms with Crippen molar-refractivity contribution >= 4 is 46.0 Å². The lowest BCUT2D eigenvalue weighted by atomic mass is 9.95. The molecule has 5 rings (SSSR count). The number of aromatic amines is 1. The van der Waals surface area contributed by atoms with Gasteiger partial charge in [-0.1, -0.05) is 41.9 Å². The lowest BCUT2D eigenvalue weighted by Crippen LogP contribution is -2.30. The standard InChI is InChI=1S/C25H17ClFN3O4/c1-34-19-10-7-14(11-16(19)26)22(31)20-21(13-5-3-2-4-6-13)30(24(33)23(20)32)25-28-17-9-8-15(27)12-18(17)29-25/h2-12,21,31H,1H3,(H,28,29)/b22-20+. The van der Waals surface area contributed by atoms with Crippen molar-refractivity contribution in [2.75, 3.05) is 12.0 Å². The molecule has 34 heavy (non-hydrogen) atoms. The molecule has 170 valence electrons. The van der Waals surface area contributed by atoms with Gasteiger partial charge in [0.15, 0.2) is 0 Å². The number of nitrogens with zero attached hydrogens (tertiary/aromatic N) is 2. The minimum absolute atomic E-state index is 0.0587. The monoisotopic (exact) mass is 477 g/mol. The van der Waals surface area contributed by atoms with Gasteiger partial charge >= 0.3 is 5.91 Å². The first-order valence-corrected chi connectivity index (χ1v) is 10.6. The molecule has 3 aromatic carbocycles. The lowest BCUT2D eigenvalue weighted by Gasteiger charge is -2.23. The second-order valence-electron chi connectivity index (χ2n) is 7.65. The van der Waals surface area contributed by atoms with Crippen LogP contribution in [0.25, 0.3) is 16.8 Å². The number of methoxy groups -OCH3 is 1. The molecular formula is C25H17ClFN3O4. The maximum atomic E-state index is 13.7. The summed E-state index contributed by atoms with van der Waals surface area (Å²) in [5.74, 6) is -2.17. The van der Waals surface area contributed by atoms with E-state index >= 15 is 0 Å². The van der Waals surface area contributed by atoms with E-state index in [-0.39, 0.29) is 27.9 Å². The molecule has 0 saturated carbocycles. The summed E-state index contributed by atoms with van der Waals surface area (Å²) in [5, 5.41) is 11.4. The quantitative estimate of drug-likeness (QED) is 0.245. The van der Waals surface area contributed by atoms with Gasteiger partial charge in [-0.05, 0) is 42.0 Å². The number of hydrogen-bond donors (Lipinski definition) is 2. The Morgan fingerprint density at radius 1 is 1.12 bits per heavy atom. The number of aliphatic hydroxyl groups excluding tert-OH is 1. The highest BCUT2D eigenvalue weighted by Crippen LogP contribution is 2.42. The first-order valence-electron chi connectivity index (χ1n) is 10.2. The van der Waals surface area contributed by atoms with Gasteiger partial charge in [0.25, 0.3) is 5.78 Å². The van der Waals surface area contributed by atoms with E-state index in [1.54, 1.807) is 42.5 Å². The molecule has 1 aromatic heterocycles. The third-order valence-corrected chi connectivity index (χ3v) is 5.94. The van der Waals surface area contributed by atoms with Crippen molar-refractivity contribution in [1.29, 1.82) is 0 Å². The number of Topliss-reactive ketones (excluding diaryl/α,β-unsaturated/α-hetero) is 1. The van der Waals surface area contributed by atoms with E-state index in [4.69, 9.17) is 16.3 Å². The van der Waals surface area contributed by atoms with E-state index < -0.39 is 23.5 Å². The van der Waals surface area contributed by atoms with Crippen LogP contribution in [0.3, 0.4) is 0 Å². The molecule has 1 aliphatic heterocycles. The number of H-pyrrole nitrogens is 1. The summed E-state index contributed by atoms with van der Waals surface area (Å²) in [6, 6.07) is 16.3. The highest BCUT2D eigenvalue weighted by Gasteiger charge is 2.48. The predicted molar refractivity (Wildman–Crippen MR) is 125 cm³/mol. The number of carbonyl (C=O) groups is 2. The fraction of sp³-hybridized carbons (Fsp3) is 0.0800. The molecule has 0 aliphatic carbocycles. The Kier molecular flexibility index (Phi) is 5.30. The highest BCUT2D eigenvalue weighted by molar-refractivity contribution is 6.51. The Bertz CT molecular complexity index is 1480. The van der Waals surface area contributed by atoms with E-state index in [2.05, 4.69) is 9.97 Å². The molecule has 0 radical (unpaired) electrons. The normalized spacial score (nSPS) is 17.5. The molecule has 0 bridgehead atoms. The van der Waals surface area contributed by atoms with Crippen molar-refractivity contribution in [3.05, 3.63) is 94.3 Å². The number of rotatable bonds is 4. The van der Waals surface area contributed by atoms with Crippen LogP contribution in [0.15, 0.2) is 72.3 Å². The molecule has 1 atom stereocenters. The Labute approximate surface area is 198 Å². The van der Waals surface area contributed by atoms with Crippen LogP contribution >= 0.6 is 11.6 Å². The second-order valence-corrected chi connectivity index (χ2v) is 8.06. The topological polar surface area (TPSA) is 95.5 Å². The number of aromatic nitrogens is 2. The average Bonchev–Trinajstić information content (AvgIpc) is 3.37. The summed E-state index contributed by atoms with van der Waals surface area (Å²) in [6.07, 6.45) is 0. The third-order valence-electron chi connectivity index (χ3n) is 5.64. The van der Waals surface area contributed by atoms with Crippen LogP contribution in [0.1, 0.15) is 17.2 Å². The van der Waals surface area contributed by atoms with E-state index in [1.165, 1.54) is 36.3 Å². The number of benzene rings is 3. The van der Waals surface area contributed by atoms with E-state index in [1.807, 2.05) is 0 Å². The number of amides is 1. The number of imidazole rings is 1. The van der Waals surface area contributed by atoms with Crippen molar-refractivity contribution in [2.24, 2.45) is 0 Å². The SMILES string of the molecule is COc1ccc(/C(O)=C2\C(=O)C(=O)N(c3nc4ccc(F)cc4[nH]3)C2c2ccccc2)cc1Cl. The number of anilines is 1. The van der Waals surface area contributed by atoms with Crippen molar-refractivity contribution in [2.45, 2.75) is 6.04 Å². The molecule has 2 heterocycles. The van der Waals surface area contributed by atoms with Crippen molar-refractivity contribution in [3.8, 4) is 5.75 Å². The minimum atomic E-state index is -0.979. The average molecular weight is 478 g/mol. The Morgan fingerprint density at radius 3 is 2.59 bits per heavy atom. The first-order chi connectivity index (χ1) is 16.4. The summed E-state index contributed by atoms with van der Waals surface area (Å²) < 4.78 is 18.9. The summed E-state index contributed by atoms with van der Waals surface area (Å²) in [7, 11) is 1.46. The van der Waals surface area contributed by atoms with Crippen LogP contribution in [-0.4, -0.2) is 33.9 Å². The molecule has 1 aliphatic rings. The molecule has 1 unspecified atom stereocenters. The van der Waals surface area contributed by atoms with Gasteiger partial charge in [0, 0.05) is 5.56 Å². The Balaban J connectivity index is 1.71. The van der Waals surface area contributed by atoms with Gasteiger partial charge < -0.3 is 14.8 Å². The largest absolute Gasteiger partial charge is 0.507 e. The fourth-order valence-electron chi connectivity index (χ4n) is 4.05. The van der Waals surface area contributed by atoms with E-state index in [9.17, 15) is 19.1 Å². The number of ketones is 1. The van der Waals surface area contributed by atoms with Crippen molar-refractivity contribution < 1.29 is 23.8 Å². The first kappa shape index (κ1) is 21.7. The maximum Gasteiger partial charge on any atom is 0.302 e. The number of ether oxygens (including phenoxy) is 1. The van der Waals surface area contributed by atoms with E-state index in [0.717, 1.165) is 0 Å².